The molecule has 0 aliphatic rings. The number of benzene rings is 2. The van der Waals surface area contributed by atoms with Crippen LogP contribution in [-0.2, 0) is 4.79 Å². The van der Waals surface area contributed by atoms with Gasteiger partial charge in [0.15, 0.2) is 5.11 Å². The van der Waals surface area contributed by atoms with Crippen molar-refractivity contribution in [3.05, 3.63) is 70.3 Å². The molecule has 2 N–H and O–H groups in total. The van der Waals surface area contributed by atoms with Gasteiger partial charge in [0.05, 0.1) is 11.5 Å². The summed E-state index contributed by atoms with van der Waals surface area (Å²) in [5.41, 5.74) is 1.36. The van der Waals surface area contributed by atoms with Crippen LogP contribution in [0.15, 0.2) is 54.6 Å². The first kappa shape index (κ1) is 20.1. The van der Waals surface area contributed by atoms with Crippen LogP contribution in [-0.4, -0.2) is 22.5 Å². The number of ether oxygens (including phenoxy) is 1. The van der Waals surface area contributed by atoms with Crippen molar-refractivity contribution in [2.75, 3.05) is 11.9 Å². The quantitative estimate of drug-likeness (QED) is 0.325. The molecule has 0 saturated carbocycles. The minimum atomic E-state index is -0.480. The molecule has 0 fully saturated rings. The van der Waals surface area contributed by atoms with Gasteiger partial charge in [0.2, 0.25) is 5.91 Å². The number of nitro benzene ring substituents is 1. The zero-order valence-electron chi connectivity index (χ0n) is 14.7. The molecular formula is C19H19N3O4S. The van der Waals surface area contributed by atoms with Crippen molar-refractivity contribution in [3.8, 4) is 5.75 Å². The molecule has 0 atom stereocenters. The number of nitrogens with zero attached hydrogens (tertiary/aromatic N) is 1. The third kappa shape index (κ3) is 6.87. The van der Waals surface area contributed by atoms with Gasteiger partial charge in [0, 0.05) is 30.0 Å². The van der Waals surface area contributed by atoms with E-state index in [-0.39, 0.29) is 10.8 Å². The number of carbonyl (C=O) groups excluding carboxylic acids is 1. The highest BCUT2D eigenvalue weighted by molar-refractivity contribution is 7.80. The van der Waals surface area contributed by atoms with Crippen molar-refractivity contribution in [1.29, 1.82) is 0 Å². The number of nitrogens with one attached hydrogen (secondary N) is 2. The van der Waals surface area contributed by atoms with Crippen molar-refractivity contribution < 1.29 is 14.5 Å². The Morgan fingerprint density at radius 2 is 2.00 bits per heavy atom. The Kier molecular flexibility index (Phi) is 7.45. The smallest absolute Gasteiger partial charge is 0.269 e. The largest absolute Gasteiger partial charge is 0.494 e. The Morgan fingerprint density at radius 3 is 2.67 bits per heavy atom. The Hall–Kier alpha value is -3.26. The standard InChI is InChI=1S/C19H19N3O4S/c1-2-12-26-17-5-3-4-15(13-17)20-19(27)21-18(23)11-8-14-6-9-16(10-7-14)22(24)25/h3-11,13H,2,12H2,1H3,(H2,20,21,23,27)/b11-8+. The van der Waals surface area contributed by atoms with Crippen LogP contribution in [0.5, 0.6) is 5.75 Å². The predicted octanol–water partition coefficient (Wildman–Crippen LogP) is 3.91. The minimum absolute atomic E-state index is 0.00729. The SMILES string of the molecule is CCCOc1cccc(NC(=S)NC(=O)/C=C/c2ccc([N+](=O)[O-])cc2)c1. The number of amides is 1. The lowest BCUT2D eigenvalue weighted by Crippen LogP contribution is -2.32. The second-order valence-electron chi connectivity index (χ2n) is 5.50. The molecule has 0 aliphatic heterocycles. The first-order valence-electron chi connectivity index (χ1n) is 8.25. The maximum atomic E-state index is 11.9. The van der Waals surface area contributed by atoms with Crippen molar-refractivity contribution in [2.45, 2.75) is 13.3 Å². The topological polar surface area (TPSA) is 93.5 Å². The fourth-order valence-corrected chi connectivity index (χ4v) is 2.30. The van der Waals surface area contributed by atoms with Gasteiger partial charge in [-0.3, -0.25) is 20.2 Å². The van der Waals surface area contributed by atoms with Gasteiger partial charge in [-0.25, -0.2) is 0 Å². The highest BCUT2D eigenvalue weighted by atomic mass is 32.1. The maximum absolute atomic E-state index is 11.9. The molecule has 0 saturated heterocycles. The first-order valence-corrected chi connectivity index (χ1v) is 8.66. The normalized spacial score (nSPS) is 10.4. The van der Waals surface area contributed by atoms with Gasteiger partial charge in [-0.15, -0.1) is 0 Å². The molecule has 0 radical (unpaired) electrons. The Bertz CT molecular complexity index is 850. The van der Waals surface area contributed by atoms with Gasteiger partial charge in [-0.2, -0.15) is 0 Å². The minimum Gasteiger partial charge on any atom is -0.494 e. The van der Waals surface area contributed by atoms with Crippen LogP contribution in [0, 0.1) is 10.1 Å². The summed E-state index contributed by atoms with van der Waals surface area (Å²) in [6, 6.07) is 13.1. The van der Waals surface area contributed by atoms with Gasteiger partial charge >= 0.3 is 0 Å². The Labute approximate surface area is 162 Å². The van der Waals surface area contributed by atoms with E-state index in [1.165, 1.54) is 18.2 Å². The number of nitro groups is 1. The summed E-state index contributed by atoms with van der Waals surface area (Å²) in [4.78, 5) is 22.1. The molecule has 27 heavy (non-hydrogen) atoms. The monoisotopic (exact) mass is 385 g/mol. The zero-order chi connectivity index (χ0) is 19.6. The third-order valence-corrected chi connectivity index (χ3v) is 3.54. The van der Waals surface area contributed by atoms with Crippen molar-refractivity contribution in [1.82, 2.24) is 5.32 Å². The highest BCUT2D eigenvalue weighted by Gasteiger charge is 2.04. The van der Waals surface area contributed by atoms with E-state index in [1.54, 1.807) is 24.3 Å². The van der Waals surface area contributed by atoms with Gasteiger partial charge in [-0.05, 0) is 54.5 Å². The second-order valence-corrected chi connectivity index (χ2v) is 5.91. The van der Waals surface area contributed by atoms with Crippen LogP contribution < -0.4 is 15.4 Å². The molecule has 8 heteroatoms. The van der Waals surface area contributed by atoms with Crippen LogP contribution in [0.3, 0.4) is 0 Å². The van der Waals surface area contributed by atoms with Crippen molar-refractivity contribution in [3.63, 3.8) is 0 Å². The van der Waals surface area contributed by atoms with Crippen LogP contribution >= 0.6 is 12.2 Å². The lowest BCUT2D eigenvalue weighted by molar-refractivity contribution is -0.384. The number of carbonyl (C=O) groups is 1. The van der Waals surface area contributed by atoms with E-state index in [4.69, 9.17) is 17.0 Å². The van der Waals surface area contributed by atoms with E-state index < -0.39 is 10.8 Å². The van der Waals surface area contributed by atoms with Crippen molar-refractivity contribution >= 4 is 40.7 Å². The highest BCUT2D eigenvalue weighted by Crippen LogP contribution is 2.17. The average Bonchev–Trinajstić information content (AvgIpc) is 2.65. The molecule has 1 amide bonds. The lowest BCUT2D eigenvalue weighted by Gasteiger charge is -2.10. The zero-order valence-corrected chi connectivity index (χ0v) is 15.5. The van der Waals surface area contributed by atoms with E-state index in [0.717, 1.165) is 6.42 Å². The van der Waals surface area contributed by atoms with Gasteiger partial charge in [0.1, 0.15) is 5.75 Å². The molecule has 0 heterocycles. The van der Waals surface area contributed by atoms with E-state index in [0.29, 0.717) is 23.6 Å². The Morgan fingerprint density at radius 1 is 1.26 bits per heavy atom. The summed E-state index contributed by atoms with van der Waals surface area (Å²) in [6.45, 7) is 2.65. The average molecular weight is 385 g/mol. The van der Waals surface area contributed by atoms with Crippen LogP contribution in [0.25, 0.3) is 6.08 Å². The maximum Gasteiger partial charge on any atom is 0.269 e. The molecule has 0 bridgehead atoms. The molecule has 0 unspecified atom stereocenters. The molecule has 140 valence electrons. The van der Waals surface area contributed by atoms with E-state index >= 15 is 0 Å². The summed E-state index contributed by atoms with van der Waals surface area (Å²) in [5, 5.41) is 16.2. The summed E-state index contributed by atoms with van der Waals surface area (Å²) < 4.78 is 5.55. The molecular weight excluding hydrogens is 366 g/mol. The van der Waals surface area contributed by atoms with E-state index in [1.807, 2.05) is 25.1 Å². The van der Waals surface area contributed by atoms with Crippen LogP contribution in [0.1, 0.15) is 18.9 Å². The van der Waals surface area contributed by atoms with Gasteiger partial charge < -0.3 is 10.1 Å². The van der Waals surface area contributed by atoms with Crippen LogP contribution in [0.4, 0.5) is 11.4 Å². The Balaban J connectivity index is 1.88. The number of hydrogen-bond acceptors (Lipinski definition) is 5. The van der Waals surface area contributed by atoms with Gasteiger partial charge in [0.25, 0.3) is 5.69 Å². The number of thiocarbonyl (C=S) groups is 1. The predicted molar refractivity (Wildman–Crippen MR) is 109 cm³/mol. The molecule has 0 aromatic heterocycles. The lowest BCUT2D eigenvalue weighted by atomic mass is 10.2. The molecule has 0 spiro atoms. The first-order chi connectivity index (χ1) is 13.0. The molecule has 0 aliphatic carbocycles. The number of anilines is 1. The van der Waals surface area contributed by atoms with Crippen LogP contribution in [0.2, 0.25) is 0 Å². The number of hydrogen-bond donors (Lipinski definition) is 2. The summed E-state index contributed by atoms with van der Waals surface area (Å²) in [7, 11) is 0. The molecule has 7 nitrogen and oxygen atoms in total. The molecule has 2 rings (SSSR count). The fraction of sp³-hybridized carbons (Fsp3) is 0.158. The molecule has 2 aromatic rings. The van der Waals surface area contributed by atoms with E-state index in [2.05, 4.69) is 10.6 Å². The second kappa shape index (κ2) is 10.0. The number of rotatable bonds is 7. The van der Waals surface area contributed by atoms with E-state index in [9.17, 15) is 14.9 Å². The molecule has 2 aromatic carbocycles. The third-order valence-electron chi connectivity index (χ3n) is 3.33. The summed E-state index contributed by atoms with van der Waals surface area (Å²) in [6.07, 6.45) is 3.75. The van der Waals surface area contributed by atoms with Gasteiger partial charge in [-0.1, -0.05) is 13.0 Å². The van der Waals surface area contributed by atoms with Crippen molar-refractivity contribution in [2.24, 2.45) is 0 Å². The summed E-state index contributed by atoms with van der Waals surface area (Å²) >= 11 is 5.13. The summed E-state index contributed by atoms with van der Waals surface area (Å²) in [5.74, 6) is 0.304. The number of non-ortho nitro benzene ring substituents is 1. The fourth-order valence-electron chi connectivity index (χ4n) is 2.08.